The highest BCUT2D eigenvalue weighted by atomic mass is 32.2. The molecule has 1 unspecified atom stereocenters. The Morgan fingerprint density at radius 1 is 1.20 bits per heavy atom. The molecule has 3 nitrogen and oxygen atoms in total. The van der Waals surface area contributed by atoms with E-state index in [-0.39, 0.29) is 12.2 Å². The number of ketones is 1. The Bertz CT molecular complexity index is 583. The zero-order valence-corrected chi connectivity index (χ0v) is 14.3. The molecular weight excluding hydrogens is 288 g/mol. The van der Waals surface area contributed by atoms with Crippen LogP contribution in [0, 0.1) is 0 Å². The fourth-order valence-electron chi connectivity index (χ4n) is 2.09. The monoisotopic (exact) mass is 310 g/mol. The largest absolute Gasteiger partial charge is 0.295 e. The molecule has 0 aliphatic heterocycles. The smallest absolute Gasteiger partial charge is 0.179 e. The number of carbonyl (C=O) groups excluding carboxylic acids is 1. The summed E-state index contributed by atoms with van der Waals surface area (Å²) in [5, 5.41) is 0. The van der Waals surface area contributed by atoms with Crippen LogP contribution in [0.5, 0.6) is 0 Å². The van der Waals surface area contributed by atoms with Crippen LogP contribution in [0.4, 0.5) is 0 Å². The number of hydrogen-bond acceptors (Lipinski definition) is 3. The predicted octanol–water partition coefficient (Wildman–Crippen LogP) is 3.24. The molecule has 5 heteroatoms. The maximum atomic E-state index is 12.8. The maximum absolute atomic E-state index is 12.8. The Hall–Kier alpha value is -1.20. The minimum atomic E-state index is -3.47. The van der Waals surface area contributed by atoms with Crippen molar-refractivity contribution in [2.45, 2.75) is 42.8 Å². The van der Waals surface area contributed by atoms with Crippen LogP contribution >= 0.6 is 0 Å². The lowest BCUT2D eigenvalue weighted by atomic mass is 10.3. The standard InChI is InChI=1S/C15H22O3SSi/c1-5-9-13(16)12-15(20(2,3)4)19(17,18)14-10-7-6-8-11-14/h5-11,15H,12H2,1-4H3/b9-5+. The van der Waals surface area contributed by atoms with Gasteiger partial charge in [-0.2, -0.15) is 0 Å². The van der Waals surface area contributed by atoms with Gasteiger partial charge >= 0.3 is 0 Å². The number of benzene rings is 1. The van der Waals surface area contributed by atoms with E-state index in [0.717, 1.165) is 0 Å². The first-order valence-corrected chi connectivity index (χ1v) is 11.8. The molecule has 0 aromatic heterocycles. The van der Waals surface area contributed by atoms with Crippen LogP contribution in [0.1, 0.15) is 13.3 Å². The minimum absolute atomic E-state index is 0.0668. The third-order valence-electron chi connectivity index (χ3n) is 3.15. The van der Waals surface area contributed by atoms with Gasteiger partial charge in [0.25, 0.3) is 0 Å². The Labute approximate surface area is 122 Å². The summed E-state index contributed by atoms with van der Waals surface area (Å²) in [4.78, 5) is 11.6. The Morgan fingerprint density at radius 3 is 2.20 bits per heavy atom. The average Bonchev–Trinajstić information content (AvgIpc) is 2.36. The van der Waals surface area contributed by atoms with Crippen LogP contribution in [0.2, 0.25) is 19.6 Å². The summed E-state index contributed by atoms with van der Waals surface area (Å²) in [6, 6.07) is 8.41. The zero-order chi connectivity index (χ0) is 15.4. The van der Waals surface area contributed by atoms with E-state index in [2.05, 4.69) is 0 Å². The first-order chi connectivity index (χ1) is 9.19. The molecule has 0 N–H and O–H groups in total. The quantitative estimate of drug-likeness (QED) is 0.598. The molecule has 0 bridgehead atoms. The molecule has 0 heterocycles. The predicted molar refractivity (Wildman–Crippen MR) is 85.2 cm³/mol. The molecule has 110 valence electrons. The van der Waals surface area contributed by atoms with Crippen molar-refractivity contribution in [3.63, 3.8) is 0 Å². The van der Waals surface area contributed by atoms with Crippen molar-refractivity contribution in [1.29, 1.82) is 0 Å². The Kier molecular flexibility index (Phi) is 5.47. The van der Waals surface area contributed by atoms with E-state index in [1.165, 1.54) is 6.08 Å². The van der Waals surface area contributed by atoms with Gasteiger partial charge < -0.3 is 0 Å². The van der Waals surface area contributed by atoms with Gasteiger partial charge in [0.05, 0.1) is 17.8 Å². The minimum Gasteiger partial charge on any atom is -0.295 e. The van der Waals surface area contributed by atoms with Crippen molar-refractivity contribution >= 4 is 23.7 Å². The van der Waals surface area contributed by atoms with E-state index in [9.17, 15) is 13.2 Å². The van der Waals surface area contributed by atoms with E-state index in [1.54, 1.807) is 43.3 Å². The molecular formula is C15H22O3SSi. The third-order valence-corrected chi connectivity index (χ3v) is 10.2. The van der Waals surface area contributed by atoms with Gasteiger partial charge in [-0.15, -0.1) is 0 Å². The molecule has 0 aliphatic rings. The summed E-state index contributed by atoms with van der Waals surface area (Å²) in [5.41, 5.74) is 0. The number of hydrogen-bond donors (Lipinski definition) is 0. The topological polar surface area (TPSA) is 51.2 Å². The molecule has 0 amide bonds. The van der Waals surface area contributed by atoms with Gasteiger partial charge in [0.2, 0.25) is 0 Å². The lowest BCUT2D eigenvalue weighted by molar-refractivity contribution is -0.114. The van der Waals surface area contributed by atoms with Gasteiger partial charge in [-0.05, 0) is 25.1 Å². The van der Waals surface area contributed by atoms with E-state index in [1.807, 2.05) is 19.6 Å². The van der Waals surface area contributed by atoms with Crippen LogP contribution in [-0.4, -0.2) is 27.1 Å². The molecule has 0 saturated carbocycles. The van der Waals surface area contributed by atoms with Crippen LogP contribution in [-0.2, 0) is 14.6 Å². The number of carbonyl (C=O) groups is 1. The molecule has 1 aromatic rings. The summed E-state index contributed by atoms with van der Waals surface area (Å²) in [6.07, 6.45) is 3.17. The van der Waals surface area contributed by atoms with Crippen LogP contribution in [0.15, 0.2) is 47.4 Å². The molecule has 20 heavy (non-hydrogen) atoms. The summed E-state index contributed by atoms with van der Waals surface area (Å²) in [5.74, 6) is -0.126. The van der Waals surface area contributed by atoms with Crippen molar-refractivity contribution in [2.75, 3.05) is 0 Å². The van der Waals surface area contributed by atoms with E-state index in [0.29, 0.717) is 4.90 Å². The lowest BCUT2D eigenvalue weighted by Crippen LogP contribution is -2.45. The molecule has 0 saturated heterocycles. The molecule has 1 atom stereocenters. The molecule has 0 radical (unpaired) electrons. The van der Waals surface area contributed by atoms with Gasteiger partial charge in [0.15, 0.2) is 15.6 Å². The van der Waals surface area contributed by atoms with Crippen LogP contribution in [0.25, 0.3) is 0 Å². The normalized spacial score (nSPS) is 14.4. The first-order valence-electron chi connectivity index (χ1n) is 6.64. The summed E-state index contributed by atoms with van der Waals surface area (Å²) >= 11 is 0. The van der Waals surface area contributed by atoms with Crippen molar-refractivity contribution in [2.24, 2.45) is 0 Å². The van der Waals surface area contributed by atoms with Crippen molar-refractivity contribution in [3.05, 3.63) is 42.5 Å². The van der Waals surface area contributed by atoms with Crippen LogP contribution in [0.3, 0.4) is 0 Å². The Balaban J connectivity index is 3.22. The second-order valence-corrected chi connectivity index (χ2v) is 13.9. The summed E-state index contributed by atoms with van der Waals surface area (Å²) < 4.78 is 25.6. The highest BCUT2D eigenvalue weighted by Gasteiger charge is 2.39. The summed E-state index contributed by atoms with van der Waals surface area (Å²) in [7, 11) is -5.50. The highest BCUT2D eigenvalue weighted by molar-refractivity contribution is 7.94. The lowest BCUT2D eigenvalue weighted by Gasteiger charge is -2.28. The van der Waals surface area contributed by atoms with Gasteiger partial charge in [-0.25, -0.2) is 8.42 Å². The first kappa shape index (κ1) is 16.9. The summed E-state index contributed by atoms with van der Waals surface area (Å²) in [6.45, 7) is 7.72. The fourth-order valence-corrected chi connectivity index (χ4v) is 8.29. The van der Waals surface area contributed by atoms with Gasteiger partial charge in [0.1, 0.15) is 0 Å². The molecule has 1 rings (SSSR count). The maximum Gasteiger partial charge on any atom is 0.179 e. The van der Waals surface area contributed by atoms with Gasteiger partial charge in [-0.1, -0.05) is 43.9 Å². The van der Waals surface area contributed by atoms with Gasteiger partial charge in [0, 0.05) is 6.42 Å². The van der Waals surface area contributed by atoms with Crippen molar-refractivity contribution < 1.29 is 13.2 Å². The number of rotatable bonds is 6. The van der Waals surface area contributed by atoms with Crippen molar-refractivity contribution in [1.82, 2.24) is 0 Å². The number of sulfone groups is 1. The zero-order valence-electron chi connectivity index (χ0n) is 12.5. The van der Waals surface area contributed by atoms with E-state index >= 15 is 0 Å². The molecule has 0 spiro atoms. The molecule has 0 aliphatic carbocycles. The van der Waals surface area contributed by atoms with Gasteiger partial charge in [-0.3, -0.25) is 4.79 Å². The highest BCUT2D eigenvalue weighted by Crippen LogP contribution is 2.26. The second kappa shape index (κ2) is 6.50. The molecule has 0 fully saturated rings. The fraction of sp³-hybridized carbons (Fsp3) is 0.400. The second-order valence-electron chi connectivity index (χ2n) is 5.88. The van der Waals surface area contributed by atoms with Crippen LogP contribution < -0.4 is 0 Å². The Morgan fingerprint density at radius 2 is 1.75 bits per heavy atom. The van der Waals surface area contributed by atoms with E-state index < -0.39 is 22.8 Å². The van der Waals surface area contributed by atoms with Crippen molar-refractivity contribution in [3.8, 4) is 0 Å². The molecule has 1 aromatic carbocycles. The average molecular weight is 310 g/mol. The third kappa shape index (κ3) is 4.15. The SMILES string of the molecule is C/C=C/C(=O)CC([Si](C)(C)C)S(=O)(=O)c1ccccc1. The number of allylic oxidation sites excluding steroid dienone is 2. The van der Waals surface area contributed by atoms with E-state index in [4.69, 9.17) is 0 Å².